The molecule has 33 heavy (non-hydrogen) atoms. The van der Waals surface area contributed by atoms with E-state index >= 15 is 0 Å². The van der Waals surface area contributed by atoms with E-state index in [1.165, 1.54) is 0 Å². The minimum absolute atomic E-state index is 0.427. The van der Waals surface area contributed by atoms with Crippen LogP contribution in [0.4, 0.5) is 23.0 Å². The molecule has 2 heterocycles. The number of fused-ring (bicyclic) bond motifs is 1. The van der Waals surface area contributed by atoms with Crippen LogP contribution >= 0.6 is 0 Å². The maximum absolute atomic E-state index is 6.39. The number of para-hydroxylation sites is 1. The van der Waals surface area contributed by atoms with Gasteiger partial charge in [-0.05, 0) is 33.2 Å². The Balaban J connectivity index is 1.63. The highest BCUT2D eigenvalue weighted by molar-refractivity contribution is 5.83. The quantitative estimate of drug-likeness (QED) is 0.397. The molecule has 2 aromatic carbocycles. The van der Waals surface area contributed by atoms with Gasteiger partial charge in [-0.2, -0.15) is 10.1 Å². The molecule has 0 atom stereocenters. The number of aryl methyl sites for hydroxylation is 1. The van der Waals surface area contributed by atoms with Crippen LogP contribution in [0.5, 0.6) is 5.75 Å². The monoisotopic (exact) mass is 446 g/mol. The van der Waals surface area contributed by atoms with E-state index in [2.05, 4.69) is 36.2 Å². The average Bonchev–Trinajstić information content (AvgIpc) is 3.14. The molecule has 0 aliphatic carbocycles. The molecule has 0 amide bonds. The average molecular weight is 447 g/mol. The van der Waals surface area contributed by atoms with E-state index in [0.29, 0.717) is 28.9 Å². The summed E-state index contributed by atoms with van der Waals surface area (Å²) in [7, 11) is 7.75. The first-order valence-corrected chi connectivity index (χ1v) is 10.8. The summed E-state index contributed by atoms with van der Waals surface area (Å²) in [6, 6.07) is 13.7. The number of methoxy groups -OCH3 is 1. The van der Waals surface area contributed by atoms with Crippen molar-refractivity contribution < 1.29 is 4.74 Å². The molecule has 4 rings (SSSR count). The molecule has 0 radical (unpaired) electrons. The summed E-state index contributed by atoms with van der Waals surface area (Å²) in [5.74, 6) is 1.75. The second-order valence-corrected chi connectivity index (χ2v) is 8.21. The number of hydrogen-bond acceptors (Lipinski definition) is 8. The van der Waals surface area contributed by atoms with Crippen LogP contribution in [0.15, 0.2) is 48.7 Å². The Labute approximate surface area is 193 Å². The largest absolute Gasteiger partial charge is 0.494 e. The van der Waals surface area contributed by atoms with Gasteiger partial charge in [-0.25, -0.2) is 9.67 Å². The first-order chi connectivity index (χ1) is 15.9. The maximum Gasteiger partial charge on any atom is 0.229 e. The number of nitrogen functional groups attached to an aromatic ring is 1. The van der Waals surface area contributed by atoms with Crippen molar-refractivity contribution in [1.29, 1.82) is 0 Å². The Bertz CT molecular complexity index is 1270. The fourth-order valence-electron chi connectivity index (χ4n) is 3.70. The molecule has 0 saturated carbocycles. The van der Waals surface area contributed by atoms with Crippen LogP contribution < -0.4 is 20.7 Å². The molecule has 9 nitrogen and oxygen atoms in total. The Hall–Kier alpha value is -3.85. The lowest BCUT2D eigenvalue weighted by atomic mass is 10.2. The number of likely N-dealkylation sites (N-methyl/N-ethyl adjacent to an activating group) is 2. The summed E-state index contributed by atoms with van der Waals surface area (Å²) in [6.45, 7) is 3.75. The summed E-state index contributed by atoms with van der Waals surface area (Å²) < 4.78 is 7.46. The number of ether oxygens (including phenoxy) is 1. The number of aromatic nitrogens is 4. The van der Waals surface area contributed by atoms with Gasteiger partial charge in [0.1, 0.15) is 5.75 Å². The second kappa shape index (κ2) is 9.33. The van der Waals surface area contributed by atoms with E-state index in [0.717, 1.165) is 35.4 Å². The zero-order valence-electron chi connectivity index (χ0n) is 19.7. The van der Waals surface area contributed by atoms with Gasteiger partial charge in [-0.3, -0.25) is 0 Å². The van der Waals surface area contributed by atoms with E-state index in [1.54, 1.807) is 13.3 Å². The number of hydrogen-bond donors (Lipinski definition) is 2. The number of nitrogens with two attached hydrogens (primary N) is 1. The maximum atomic E-state index is 6.39. The predicted molar refractivity (Wildman–Crippen MR) is 134 cm³/mol. The van der Waals surface area contributed by atoms with Gasteiger partial charge in [0, 0.05) is 43.9 Å². The fourth-order valence-corrected chi connectivity index (χ4v) is 3.70. The Kier molecular flexibility index (Phi) is 6.32. The molecular weight excluding hydrogens is 416 g/mol. The van der Waals surface area contributed by atoms with Gasteiger partial charge in [0.05, 0.1) is 35.4 Å². The van der Waals surface area contributed by atoms with E-state index in [1.807, 2.05) is 69.1 Å². The van der Waals surface area contributed by atoms with E-state index in [-0.39, 0.29) is 0 Å². The van der Waals surface area contributed by atoms with Gasteiger partial charge in [0.2, 0.25) is 5.95 Å². The summed E-state index contributed by atoms with van der Waals surface area (Å²) in [5.41, 5.74) is 10.6. The minimum Gasteiger partial charge on any atom is -0.494 e. The van der Waals surface area contributed by atoms with Gasteiger partial charge in [-0.15, -0.1) is 0 Å². The molecule has 2 aromatic heterocycles. The van der Waals surface area contributed by atoms with Crippen molar-refractivity contribution in [3.63, 3.8) is 0 Å². The lowest BCUT2D eigenvalue weighted by Gasteiger charge is -2.24. The minimum atomic E-state index is 0.427. The molecule has 0 unspecified atom stereocenters. The third-order valence-corrected chi connectivity index (χ3v) is 5.52. The van der Waals surface area contributed by atoms with Crippen molar-refractivity contribution in [2.45, 2.75) is 6.92 Å². The summed E-state index contributed by atoms with van der Waals surface area (Å²) >= 11 is 0. The molecule has 9 heteroatoms. The number of anilines is 4. The molecule has 0 fully saturated rings. The number of benzene rings is 2. The first kappa shape index (κ1) is 22.3. The Morgan fingerprint density at radius 1 is 1.09 bits per heavy atom. The topological polar surface area (TPSA) is 97.4 Å². The van der Waals surface area contributed by atoms with E-state index in [4.69, 9.17) is 10.5 Å². The van der Waals surface area contributed by atoms with Gasteiger partial charge in [0.15, 0.2) is 5.82 Å². The normalized spacial score (nSPS) is 11.2. The zero-order valence-corrected chi connectivity index (χ0v) is 19.7. The summed E-state index contributed by atoms with van der Waals surface area (Å²) in [5, 5.41) is 9.00. The molecule has 0 spiro atoms. The van der Waals surface area contributed by atoms with Crippen molar-refractivity contribution in [1.82, 2.24) is 24.6 Å². The molecule has 0 aliphatic heterocycles. The van der Waals surface area contributed by atoms with Crippen LogP contribution in [0.2, 0.25) is 0 Å². The standard InChI is InChI=1S/C24H30N8O/c1-16-17-8-6-7-9-20(17)32(29-16)23-10-11-26-24(28-23)27-19-14-18(25)21(15-22(19)33-5)31(4)13-12-30(2)3/h6-11,14-15H,12-13,25H2,1-5H3,(H,26,27,28). The predicted octanol–water partition coefficient (Wildman–Crippen LogP) is 3.46. The number of rotatable bonds is 8. The Morgan fingerprint density at radius 2 is 1.88 bits per heavy atom. The molecular formula is C24H30N8O. The van der Waals surface area contributed by atoms with Crippen LogP contribution in [0, 0.1) is 6.92 Å². The first-order valence-electron chi connectivity index (χ1n) is 10.8. The highest BCUT2D eigenvalue weighted by Crippen LogP contribution is 2.36. The lowest BCUT2D eigenvalue weighted by molar-refractivity contribution is 0.413. The van der Waals surface area contributed by atoms with E-state index < -0.39 is 0 Å². The molecule has 4 aromatic rings. The van der Waals surface area contributed by atoms with Crippen molar-refractivity contribution in [2.75, 3.05) is 57.3 Å². The van der Waals surface area contributed by atoms with Gasteiger partial charge < -0.3 is 25.6 Å². The van der Waals surface area contributed by atoms with Gasteiger partial charge >= 0.3 is 0 Å². The lowest BCUT2D eigenvalue weighted by Crippen LogP contribution is -2.29. The molecule has 3 N–H and O–H groups in total. The highest BCUT2D eigenvalue weighted by Gasteiger charge is 2.15. The zero-order chi connectivity index (χ0) is 23.5. The third-order valence-electron chi connectivity index (χ3n) is 5.52. The highest BCUT2D eigenvalue weighted by atomic mass is 16.5. The van der Waals surface area contributed by atoms with Gasteiger partial charge in [-0.1, -0.05) is 18.2 Å². The van der Waals surface area contributed by atoms with Gasteiger partial charge in [0.25, 0.3) is 0 Å². The molecule has 0 saturated heterocycles. The summed E-state index contributed by atoms with van der Waals surface area (Å²) in [6.07, 6.45) is 1.70. The molecule has 172 valence electrons. The summed E-state index contributed by atoms with van der Waals surface area (Å²) in [4.78, 5) is 13.3. The fraction of sp³-hybridized carbons (Fsp3) is 0.292. The van der Waals surface area contributed by atoms with Crippen LogP contribution in [0.1, 0.15) is 5.69 Å². The van der Waals surface area contributed by atoms with E-state index in [9.17, 15) is 0 Å². The second-order valence-electron chi connectivity index (χ2n) is 8.21. The Morgan fingerprint density at radius 3 is 2.64 bits per heavy atom. The van der Waals surface area contributed by atoms with Crippen LogP contribution in [0.25, 0.3) is 16.7 Å². The number of nitrogens with one attached hydrogen (secondary N) is 1. The number of nitrogens with zero attached hydrogens (tertiary/aromatic N) is 6. The van der Waals surface area contributed by atoms with Crippen molar-refractivity contribution in [3.05, 3.63) is 54.4 Å². The molecule has 0 bridgehead atoms. The third kappa shape index (κ3) is 4.68. The van der Waals surface area contributed by atoms with Crippen molar-refractivity contribution in [3.8, 4) is 11.6 Å². The smallest absolute Gasteiger partial charge is 0.229 e. The van der Waals surface area contributed by atoms with Crippen molar-refractivity contribution in [2.24, 2.45) is 0 Å². The molecule has 0 aliphatic rings. The van der Waals surface area contributed by atoms with Crippen molar-refractivity contribution >= 4 is 33.9 Å². The van der Waals surface area contributed by atoms with Crippen LogP contribution in [-0.4, -0.2) is 66.0 Å². The SMILES string of the molecule is COc1cc(N(C)CCN(C)C)c(N)cc1Nc1nccc(-n2nc(C)c3ccccc32)n1. The van der Waals surface area contributed by atoms with Crippen LogP contribution in [0.3, 0.4) is 0 Å². The van der Waals surface area contributed by atoms with Crippen LogP contribution in [-0.2, 0) is 0 Å².